The Morgan fingerprint density at radius 2 is 2.18 bits per heavy atom. The molecule has 0 aliphatic rings. The van der Waals surface area contributed by atoms with Gasteiger partial charge in [-0.2, -0.15) is 0 Å². The van der Waals surface area contributed by atoms with Crippen molar-refractivity contribution in [2.24, 2.45) is 5.84 Å². The van der Waals surface area contributed by atoms with Crippen LogP contribution in [-0.4, -0.2) is 4.98 Å². The number of rotatable bonds is 4. The summed E-state index contributed by atoms with van der Waals surface area (Å²) >= 11 is 1.49. The number of thiazole rings is 1. The summed E-state index contributed by atoms with van der Waals surface area (Å²) in [6, 6.07) is 6.08. The highest BCUT2D eigenvalue weighted by Crippen LogP contribution is 2.21. The average Bonchev–Trinajstić information content (AvgIpc) is 2.79. The summed E-state index contributed by atoms with van der Waals surface area (Å²) in [5, 5.41) is 0.698. The molecule has 2 rings (SSSR count). The summed E-state index contributed by atoms with van der Waals surface area (Å²) in [6.45, 7) is 4.68. The first-order valence-corrected chi connectivity index (χ1v) is 6.12. The van der Waals surface area contributed by atoms with Crippen LogP contribution in [0.2, 0.25) is 0 Å². The minimum Gasteiger partial charge on any atom is -0.488 e. The second-order valence-corrected chi connectivity index (χ2v) is 4.93. The first-order valence-electron chi connectivity index (χ1n) is 5.30. The molecule has 0 radical (unpaired) electrons. The molecule has 0 spiro atoms. The number of aryl methyl sites for hydroxylation is 2. The van der Waals surface area contributed by atoms with Crippen LogP contribution >= 0.6 is 11.3 Å². The van der Waals surface area contributed by atoms with Crippen LogP contribution in [0.5, 0.6) is 5.75 Å². The van der Waals surface area contributed by atoms with Gasteiger partial charge >= 0.3 is 0 Å². The molecule has 2 aromatic rings. The van der Waals surface area contributed by atoms with Crippen molar-refractivity contribution in [3.8, 4) is 5.75 Å². The molecule has 4 nitrogen and oxygen atoms in total. The van der Waals surface area contributed by atoms with Crippen LogP contribution in [0.25, 0.3) is 0 Å². The Bertz CT molecular complexity index is 510. The molecule has 0 unspecified atom stereocenters. The van der Waals surface area contributed by atoms with E-state index in [0.717, 1.165) is 10.6 Å². The lowest BCUT2D eigenvalue weighted by atomic mass is 10.1. The van der Waals surface area contributed by atoms with Crippen molar-refractivity contribution in [3.05, 3.63) is 40.4 Å². The Hall–Kier alpha value is -1.59. The minimum absolute atomic E-state index is 0.516. The van der Waals surface area contributed by atoms with Gasteiger partial charge in [0.2, 0.25) is 0 Å². The summed E-state index contributed by atoms with van der Waals surface area (Å²) in [4.78, 5) is 5.12. The van der Waals surface area contributed by atoms with Crippen LogP contribution in [0.3, 0.4) is 0 Å². The zero-order valence-corrected chi connectivity index (χ0v) is 10.7. The topological polar surface area (TPSA) is 60.2 Å². The Kier molecular flexibility index (Phi) is 3.61. The first kappa shape index (κ1) is 11.9. The van der Waals surface area contributed by atoms with Crippen molar-refractivity contribution >= 4 is 16.5 Å². The van der Waals surface area contributed by atoms with Crippen molar-refractivity contribution in [3.63, 3.8) is 0 Å². The van der Waals surface area contributed by atoms with Gasteiger partial charge in [-0.1, -0.05) is 17.4 Å². The second-order valence-electron chi connectivity index (χ2n) is 3.81. The van der Waals surface area contributed by atoms with Crippen LogP contribution in [0.15, 0.2) is 24.4 Å². The van der Waals surface area contributed by atoms with E-state index in [9.17, 15) is 0 Å². The van der Waals surface area contributed by atoms with Crippen LogP contribution in [0.4, 0.5) is 5.13 Å². The Balaban J connectivity index is 1.99. The standard InChI is InChI=1S/C12H15N3OS/c1-8-3-4-10(5-9(8)2)16-7-11-6-14-12(15-13)17-11/h3-6H,7,13H2,1-2H3,(H,14,15). The van der Waals surface area contributed by atoms with Crippen molar-refractivity contribution in [1.82, 2.24) is 4.98 Å². The van der Waals surface area contributed by atoms with Gasteiger partial charge in [0, 0.05) is 6.20 Å². The second kappa shape index (κ2) is 5.16. The fraction of sp³-hybridized carbons (Fsp3) is 0.250. The van der Waals surface area contributed by atoms with E-state index in [1.54, 1.807) is 6.20 Å². The van der Waals surface area contributed by atoms with E-state index in [4.69, 9.17) is 10.6 Å². The molecule has 1 aromatic carbocycles. The van der Waals surface area contributed by atoms with Crippen molar-refractivity contribution in [2.75, 3.05) is 5.43 Å². The molecule has 0 saturated heterocycles. The van der Waals surface area contributed by atoms with Crippen LogP contribution in [0, 0.1) is 13.8 Å². The minimum atomic E-state index is 0.516. The van der Waals surface area contributed by atoms with Gasteiger partial charge < -0.3 is 4.74 Å². The van der Waals surface area contributed by atoms with E-state index >= 15 is 0 Å². The zero-order chi connectivity index (χ0) is 12.3. The number of hydrazine groups is 1. The van der Waals surface area contributed by atoms with Gasteiger partial charge in [-0.15, -0.1) is 0 Å². The molecule has 90 valence electrons. The monoisotopic (exact) mass is 249 g/mol. The molecule has 0 saturated carbocycles. The lowest BCUT2D eigenvalue weighted by Crippen LogP contribution is -2.05. The Morgan fingerprint density at radius 3 is 2.82 bits per heavy atom. The summed E-state index contributed by atoms with van der Waals surface area (Å²) in [7, 11) is 0. The highest BCUT2D eigenvalue weighted by molar-refractivity contribution is 7.15. The summed E-state index contributed by atoms with van der Waals surface area (Å²) < 4.78 is 5.69. The largest absolute Gasteiger partial charge is 0.488 e. The smallest absolute Gasteiger partial charge is 0.197 e. The molecule has 0 atom stereocenters. The van der Waals surface area contributed by atoms with Crippen molar-refractivity contribution in [2.45, 2.75) is 20.5 Å². The summed E-state index contributed by atoms with van der Waals surface area (Å²) in [5.41, 5.74) is 5.01. The lowest BCUT2D eigenvalue weighted by molar-refractivity contribution is 0.309. The molecule has 1 heterocycles. The molecule has 1 aromatic heterocycles. The maximum Gasteiger partial charge on any atom is 0.197 e. The van der Waals surface area contributed by atoms with Crippen LogP contribution < -0.4 is 16.0 Å². The number of ether oxygens (including phenoxy) is 1. The Labute approximate surface area is 104 Å². The molecule has 0 fully saturated rings. The fourth-order valence-electron chi connectivity index (χ4n) is 1.40. The summed E-state index contributed by atoms with van der Waals surface area (Å²) in [6.07, 6.45) is 1.76. The zero-order valence-electron chi connectivity index (χ0n) is 9.86. The molecule has 0 aliphatic heterocycles. The molecular weight excluding hydrogens is 234 g/mol. The van der Waals surface area contributed by atoms with E-state index in [1.165, 1.54) is 22.5 Å². The number of nitrogens with zero attached hydrogens (tertiary/aromatic N) is 1. The highest BCUT2D eigenvalue weighted by atomic mass is 32.1. The van der Waals surface area contributed by atoms with Gasteiger partial charge in [0.05, 0.1) is 4.88 Å². The predicted octanol–water partition coefficient (Wildman–Crippen LogP) is 2.62. The van der Waals surface area contributed by atoms with E-state index in [0.29, 0.717) is 11.7 Å². The number of benzene rings is 1. The number of hydrogen-bond acceptors (Lipinski definition) is 5. The molecule has 5 heteroatoms. The van der Waals surface area contributed by atoms with E-state index < -0.39 is 0 Å². The third-order valence-electron chi connectivity index (χ3n) is 2.54. The van der Waals surface area contributed by atoms with E-state index in [2.05, 4.69) is 30.3 Å². The quantitative estimate of drug-likeness (QED) is 0.646. The predicted molar refractivity (Wildman–Crippen MR) is 70.2 cm³/mol. The third kappa shape index (κ3) is 2.95. The molecule has 3 N–H and O–H groups in total. The number of nitrogens with two attached hydrogens (primary N) is 1. The number of hydrogen-bond donors (Lipinski definition) is 2. The molecule has 0 aliphatic carbocycles. The number of anilines is 1. The molecule has 0 amide bonds. The number of nitrogens with one attached hydrogen (secondary N) is 1. The lowest BCUT2D eigenvalue weighted by Gasteiger charge is -2.06. The van der Waals surface area contributed by atoms with Gasteiger partial charge in [0.25, 0.3) is 0 Å². The van der Waals surface area contributed by atoms with E-state index in [-0.39, 0.29) is 0 Å². The maximum atomic E-state index is 5.69. The van der Waals surface area contributed by atoms with E-state index in [1.807, 2.05) is 12.1 Å². The maximum absolute atomic E-state index is 5.69. The van der Waals surface area contributed by atoms with Gasteiger partial charge in [0.15, 0.2) is 5.13 Å². The van der Waals surface area contributed by atoms with Gasteiger partial charge in [-0.25, -0.2) is 10.8 Å². The molecular formula is C12H15N3OS. The van der Waals surface area contributed by atoms with Crippen LogP contribution in [-0.2, 0) is 6.61 Å². The molecule has 0 bridgehead atoms. The third-order valence-corrected chi connectivity index (χ3v) is 3.44. The SMILES string of the molecule is Cc1ccc(OCc2cnc(NN)s2)cc1C. The first-order chi connectivity index (χ1) is 8.19. The van der Waals surface area contributed by atoms with Gasteiger partial charge in [-0.3, -0.25) is 5.43 Å². The average molecular weight is 249 g/mol. The van der Waals surface area contributed by atoms with Crippen molar-refractivity contribution < 1.29 is 4.74 Å². The fourth-order valence-corrected chi connectivity index (χ4v) is 2.04. The number of nitrogen functional groups attached to an aromatic ring is 1. The highest BCUT2D eigenvalue weighted by Gasteiger charge is 2.02. The van der Waals surface area contributed by atoms with Gasteiger partial charge in [0.1, 0.15) is 12.4 Å². The number of aromatic nitrogens is 1. The Morgan fingerprint density at radius 1 is 1.35 bits per heavy atom. The van der Waals surface area contributed by atoms with Gasteiger partial charge in [-0.05, 0) is 37.1 Å². The van der Waals surface area contributed by atoms with Crippen molar-refractivity contribution in [1.29, 1.82) is 0 Å². The molecule has 17 heavy (non-hydrogen) atoms. The summed E-state index contributed by atoms with van der Waals surface area (Å²) in [5.74, 6) is 6.14. The van der Waals surface area contributed by atoms with Crippen LogP contribution in [0.1, 0.15) is 16.0 Å². The normalized spacial score (nSPS) is 10.3.